The Morgan fingerprint density at radius 1 is 1.20 bits per heavy atom. The number of aromatic nitrogens is 1. The van der Waals surface area contributed by atoms with Gasteiger partial charge in [-0.1, -0.05) is 0 Å². The van der Waals surface area contributed by atoms with Gasteiger partial charge in [-0.25, -0.2) is 4.39 Å². The summed E-state index contributed by atoms with van der Waals surface area (Å²) in [5.41, 5.74) is 3.04. The van der Waals surface area contributed by atoms with Gasteiger partial charge in [0, 0.05) is 30.0 Å². The molecule has 25 heavy (non-hydrogen) atoms. The van der Waals surface area contributed by atoms with Crippen molar-refractivity contribution in [1.29, 1.82) is 0 Å². The number of hydrogen-bond acceptors (Lipinski definition) is 3. The SMILES string of the molecule is CCOC(=O)CCCNC(=O)c1cc(C)n(-c2ccc(F)cc2)c1C. The predicted octanol–water partition coefficient (Wildman–Crippen LogP) is 3.31. The average molecular weight is 346 g/mol. The molecule has 0 spiro atoms. The first-order valence-corrected chi connectivity index (χ1v) is 8.32. The van der Waals surface area contributed by atoms with E-state index in [-0.39, 0.29) is 24.1 Å². The number of rotatable bonds is 7. The fourth-order valence-corrected chi connectivity index (χ4v) is 2.74. The van der Waals surface area contributed by atoms with Crippen LogP contribution in [0.5, 0.6) is 0 Å². The highest BCUT2D eigenvalue weighted by atomic mass is 19.1. The van der Waals surface area contributed by atoms with E-state index in [1.54, 1.807) is 25.1 Å². The minimum absolute atomic E-state index is 0.190. The normalized spacial score (nSPS) is 10.6. The van der Waals surface area contributed by atoms with Crippen LogP contribution >= 0.6 is 0 Å². The van der Waals surface area contributed by atoms with Crippen LogP contribution in [0.15, 0.2) is 30.3 Å². The highest BCUT2D eigenvalue weighted by Gasteiger charge is 2.16. The van der Waals surface area contributed by atoms with Crippen LogP contribution in [0, 0.1) is 19.7 Å². The fraction of sp³-hybridized carbons (Fsp3) is 0.368. The summed E-state index contributed by atoms with van der Waals surface area (Å²) in [4.78, 5) is 23.7. The number of amides is 1. The lowest BCUT2D eigenvalue weighted by Crippen LogP contribution is -2.25. The molecule has 0 fully saturated rings. The Morgan fingerprint density at radius 3 is 2.52 bits per heavy atom. The third-order valence-electron chi connectivity index (χ3n) is 3.91. The fourth-order valence-electron chi connectivity index (χ4n) is 2.74. The van der Waals surface area contributed by atoms with E-state index in [2.05, 4.69) is 5.32 Å². The third-order valence-corrected chi connectivity index (χ3v) is 3.91. The minimum atomic E-state index is -0.300. The molecule has 0 aliphatic rings. The van der Waals surface area contributed by atoms with Gasteiger partial charge in [-0.05, 0) is 57.5 Å². The summed E-state index contributed by atoms with van der Waals surface area (Å²) in [7, 11) is 0. The molecule has 0 atom stereocenters. The molecule has 1 amide bonds. The summed E-state index contributed by atoms with van der Waals surface area (Å²) in [5.74, 6) is -0.748. The van der Waals surface area contributed by atoms with Gasteiger partial charge in [-0.15, -0.1) is 0 Å². The summed E-state index contributed by atoms with van der Waals surface area (Å²) in [6.07, 6.45) is 0.810. The molecule has 0 saturated heterocycles. The first kappa shape index (κ1) is 18.7. The third kappa shape index (κ3) is 4.68. The zero-order valence-corrected chi connectivity index (χ0v) is 14.8. The van der Waals surface area contributed by atoms with E-state index in [0.29, 0.717) is 25.1 Å². The lowest BCUT2D eigenvalue weighted by Gasteiger charge is -2.10. The Kier molecular flexibility index (Phi) is 6.33. The summed E-state index contributed by atoms with van der Waals surface area (Å²) < 4.78 is 19.9. The second-order valence-corrected chi connectivity index (χ2v) is 5.76. The topological polar surface area (TPSA) is 60.3 Å². The van der Waals surface area contributed by atoms with Gasteiger partial charge in [0.25, 0.3) is 5.91 Å². The number of aryl methyl sites for hydroxylation is 1. The summed E-state index contributed by atoms with van der Waals surface area (Å²) in [6, 6.07) is 7.94. The maximum absolute atomic E-state index is 13.1. The maximum atomic E-state index is 13.1. The predicted molar refractivity (Wildman–Crippen MR) is 93.4 cm³/mol. The van der Waals surface area contributed by atoms with Crippen molar-refractivity contribution in [3.8, 4) is 5.69 Å². The van der Waals surface area contributed by atoms with E-state index >= 15 is 0 Å². The van der Waals surface area contributed by atoms with Crippen LogP contribution in [0.2, 0.25) is 0 Å². The molecule has 1 aromatic carbocycles. The van der Waals surface area contributed by atoms with Crippen molar-refractivity contribution >= 4 is 11.9 Å². The summed E-state index contributed by atoms with van der Waals surface area (Å²) >= 11 is 0. The summed E-state index contributed by atoms with van der Waals surface area (Å²) in [6.45, 7) is 6.27. The van der Waals surface area contributed by atoms with E-state index in [1.807, 2.05) is 18.4 Å². The van der Waals surface area contributed by atoms with Crippen LogP contribution in [-0.2, 0) is 9.53 Å². The molecule has 0 bridgehead atoms. The van der Waals surface area contributed by atoms with E-state index in [4.69, 9.17) is 4.74 Å². The zero-order chi connectivity index (χ0) is 18.4. The minimum Gasteiger partial charge on any atom is -0.466 e. The van der Waals surface area contributed by atoms with E-state index < -0.39 is 0 Å². The van der Waals surface area contributed by atoms with Crippen LogP contribution in [0.25, 0.3) is 5.69 Å². The second kappa shape index (κ2) is 8.46. The van der Waals surface area contributed by atoms with Gasteiger partial charge in [0.05, 0.1) is 12.2 Å². The highest BCUT2D eigenvalue weighted by Crippen LogP contribution is 2.21. The average Bonchev–Trinajstić information content (AvgIpc) is 2.87. The maximum Gasteiger partial charge on any atom is 0.305 e. The molecule has 0 saturated carbocycles. The van der Waals surface area contributed by atoms with Gasteiger partial charge < -0.3 is 14.6 Å². The van der Waals surface area contributed by atoms with E-state index in [9.17, 15) is 14.0 Å². The molecule has 2 aromatic rings. The number of carbonyl (C=O) groups is 2. The number of benzene rings is 1. The number of ether oxygens (including phenoxy) is 1. The first-order valence-electron chi connectivity index (χ1n) is 8.32. The molecule has 0 unspecified atom stereocenters. The lowest BCUT2D eigenvalue weighted by molar-refractivity contribution is -0.143. The number of halogens is 1. The largest absolute Gasteiger partial charge is 0.466 e. The second-order valence-electron chi connectivity index (χ2n) is 5.76. The Balaban J connectivity index is 2.02. The van der Waals surface area contributed by atoms with Crippen LogP contribution in [0.3, 0.4) is 0 Å². The van der Waals surface area contributed by atoms with Crippen molar-refractivity contribution in [3.05, 3.63) is 53.1 Å². The first-order chi connectivity index (χ1) is 11.9. The molecule has 0 aliphatic heterocycles. The Bertz CT molecular complexity index is 751. The molecule has 1 aromatic heterocycles. The van der Waals surface area contributed by atoms with Crippen LogP contribution < -0.4 is 5.32 Å². The van der Waals surface area contributed by atoms with E-state index in [1.165, 1.54) is 12.1 Å². The van der Waals surface area contributed by atoms with Gasteiger partial charge in [0.15, 0.2) is 0 Å². The summed E-state index contributed by atoms with van der Waals surface area (Å²) in [5, 5.41) is 2.82. The quantitative estimate of drug-likeness (QED) is 0.618. The standard InChI is InChI=1S/C19H23FN2O3/c1-4-25-18(23)6-5-11-21-19(24)17-12-13(2)22(14(17)3)16-9-7-15(20)8-10-16/h7-10,12H,4-6,11H2,1-3H3,(H,21,24). The molecular formula is C19H23FN2O3. The molecule has 2 rings (SSSR count). The molecule has 0 radical (unpaired) electrons. The van der Waals surface area contributed by atoms with Crippen LogP contribution in [0.1, 0.15) is 41.5 Å². The number of nitrogens with zero attached hydrogens (tertiary/aromatic N) is 1. The van der Waals surface area contributed by atoms with E-state index in [0.717, 1.165) is 17.1 Å². The van der Waals surface area contributed by atoms with Crippen molar-refractivity contribution in [1.82, 2.24) is 9.88 Å². The molecule has 6 heteroatoms. The monoisotopic (exact) mass is 346 g/mol. The smallest absolute Gasteiger partial charge is 0.305 e. The molecule has 1 heterocycles. The van der Waals surface area contributed by atoms with Crippen molar-refractivity contribution in [3.63, 3.8) is 0 Å². The van der Waals surface area contributed by atoms with Crippen molar-refractivity contribution in [2.75, 3.05) is 13.2 Å². The van der Waals surface area contributed by atoms with Crippen LogP contribution in [-0.4, -0.2) is 29.6 Å². The highest BCUT2D eigenvalue weighted by molar-refractivity contribution is 5.95. The molecule has 134 valence electrons. The number of carbonyl (C=O) groups excluding carboxylic acids is 2. The van der Waals surface area contributed by atoms with Gasteiger partial charge in [0.1, 0.15) is 5.82 Å². The lowest BCUT2D eigenvalue weighted by atomic mass is 10.2. The molecule has 1 N–H and O–H groups in total. The van der Waals surface area contributed by atoms with Gasteiger partial charge in [0.2, 0.25) is 0 Å². The van der Waals surface area contributed by atoms with Crippen molar-refractivity contribution in [2.45, 2.75) is 33.6 Å². The molecule has 5 nitrogen and oxygen atoms in total. The molecule has 0 aliphatic carbocycles. The van der Waals surface area contributed by atoms with Gasteiger partial charge in [-0.2, -0.15) is 0 Å². The molecular weight excluding hydrogens is 323 g/mol. The number of esters is 1. The Morgan fingerprint density at radius 2 is 1.88 bits per heavy atom. The Labute approximate surface area is 146 Å². The van der Waals surface area contributed by atoms with Crippen molar-refractivity contribution in [2.24, 2.45) is 0 Å². The number of hydrogen-bond donors (Lipinski definition) is 1. The van der Waals surface area contributed by atoms with Gasteiger partial charge >= 0.3 is 5.97 Å². The zero-order valence-electron chi connectivity index (χ0n) is 14.8. The number of nitrogens with one attached hydrogen (secondary N) is 1. The Hall–Kier alpha value is -2.63. The van der Waals surface area contributed by atoms with Crippen LogP contribution in [0.4, 0.5) is 4.39 Å². The van der Waals surface area contributed by atoms with Gasteiger partial charge in [-0.3, -0.25) is 9.59 Å². The van der Waals surface area contributed by atoms with Crippen molar-refractivity contribution < 1.29 is 18.7 Å².